The number of carbonyl (C=O) groups is 2. The minimum Gasteiger partial charge on any atom is -0.359 e. The van der Waals surface area contributed by atoms with Crippen LogP contribution in [0.4, 0.5) is 0 Å². The van der Waals surface area contributed by atoms with Crippen LogP contribution < -0.4 is 5.32 Å². The highest BCUT2D eigenvalue weighted by atomic mass is 16.1. The monoisotopic (exact) mass is 423 g/mol. The Labute approximate surface area is 186 Å². The normalized spacial score (nSPS) is 26.5. The van der Waals surface area contributed by atoms with E-state index in [0.29, 0.717) is 30.3 Å². The highest BCUT2D eigenvalue weighted by Crippen LogP contribution is 2.83. The molecule has 31 heavy (non-hydrogen) atoms. The summed E-state index contributed by atoms with van der Waals surface area (Å²) in [6.45, 7) is 8.47. The predicted octanol–water partition coefficient (Wildman–Crippen LogP) is 3.76. The van der Waals surface area contributed by atoms with Crippen LogP contribution in [-0.2, 0) is 22.6 Å². The SMILES string of the molecule is C=C1c2cc(CCC34CC3(N(C)CCCC)C4)ccc2CN1C(C=O)CCC(=O)NC. The summed E-state index contributed by atoms with van der Waals surface area (Å²) in [5.41, 5.74) is 5.76. The molecule has 1 heterocycles. The number of nitrogens with one attached hydrogen (secondary N) is 1. The lowest BCUT2D eigenvalue weighted by Gasteiger charge is -2.26. The van der Waals surface area contributed by atoms with Crippen LogP contribution in [0.15, 0.2) is 24.8 Å². The maximum absolute atomic E-state index is 11.7. The second kappa shape index (κ2) is 8.42. The first-order valence-corrected chi connectivity index (χ1v) is 11.8. The van der Waals surface area contributed by atoms with Gasteiger partial charge in [0.05, 0.1) is 6.04 Å². The van der Waals surface area contributed by atoms with Crippen molar-refractivity contribution in [3.05, 3.63) is 41.5 Å². The standard InChI is InChI=1S/C26H37N3O2/c1-5-6-13-28(4)26-17-25(26,18-26)12-11-20-7-8-21-15-29(19(2)23(21)14-20)22(16-30)9-10-24(31)27-3/h7-8,14,16,22H,2,5-6,9-13,15,17-18H2,1,3-4H3,(H,27,31). The van der Waals surface area contributed by atoms with Gasteiger partial charge in [0.2, 0.25) is 5.91 Å². The van der Waals surface area contributed by atoms with Crippen molar-refractivity contribution in [3.8, 4) is 0 Å². The van der Waals surface area contributed by atoms with Crippen molar-refractivity contribution >= 4 is 17.9 Å². The van der Waals surface area contributed by atoms with Gasteiger partial charge in [0, 0.05) is 36.8 Å². The van der Waals surface area contributed by atoms with Crippen LogP contribution in [0.1, 0.15) is 68.6 Å². The highest BCUT2D eigenvalue weighted by Gasteiger charge is 2.83. The number of nitrogens with zero attached hydrogens (tertiary/aromatic N) is 2. The van der Waals surface area contributed by atoms with Crippen molar-refractivity contribution < 1.29 is 9.59 Å². The van der Waals surface area contributed by atoms with E-state index < -0.39 is 0 Å². The van der Waals surface area contributed by atoms with Crippen LogP contribution in [0.5, 0.6) is 0 Å². The number of aryl methyl sites for hydroxylation is 1. The van der Waals surface area contributed by atoms with Gasteiger partial charge in [-0.15, -0.1) is 0 Å². The van der Waals surface area contributed by atoms with Gasteiger partial charge in [0.1, 0.15) is 6.29 Å². The fourth-order valence-electron chi connectivity index (χ4n) is 5.69. The zero-order valence-corrected chi connectivity index (χ0v) is 19.4. The largest absolute Gasteiger partial charge is 0.359 e. The van der Waals surface area contributed by atoms with Crippen molar-refractivity contribution in [2.75, 3.05) is 20.6 Å². The van der Waals surface area contributed by atoms with Crippen LogP contribution in [0.3, 0.4) is 0 Å². The maximum Gasteiger partial charge on any atom is 0.219 e. The quantitative estimate of drug-likeness (QED) is 0.520. The minimum absolute atomic E-state index is 0.0348. The lowest BCUT2D eigenvalue weighted by atomic mass is 9.99. The molecule has 1 aromatic rings. The summed E-state index contributed by atoms with van der Waals surface area (Å²) in [5, 5.41) is 2.63. The molecule has 5 heteroatoms. The van der Waals surface area contributed by atoms with Gasteiger partial charge in [0.15, 0.2) is 0 Å². The van der Waals surface area contributed by atoms with Gasteiger partial charge in [-0.3, -0.25) is 4.79 Å². The van der Waals surface area contributed by atoms with Gasteiger partial charge in [-0.05, 0) is 74.7 Å². The minimum atomic E-state index is -0.309. The molecular weight excluding hydrogens is 386 g/mol. The molecule has 0 spiro atoms. The Morgan fingerprint density at radius 1 is 1.39 bits per heavy atom. The zero-order chi connectivity index (χ0) is 22.2. The van der Waals surface area contributed by atoms with Gasteiger partial charge in [0.25, 0.3) is 0 Å². The molecule has 1 N–H and O–H groups in total. The summed E-state index contributed by atoms with van der Waals surface area (Å²) in [5.74, 6) is -0.0348. The van der Waals surface area contributed by atoms with E-state index in [1.54, 1.807) is 7.05 Å². The van der Waals surface area contributed by atoms with E-state index in [-0.39, 0.29) is 11.9 Å². The Kier molecular flexibility index (Phi) is 5.99. The fourth-order valence-corrected chi connectivity index (χ4v) is 5.69. The Morgan fingerprint density at radius 3 is 2.84 bits per heavy atom. The molecular formula is C26H37N3O2. The summed E-state index contributed by atoms with van der Waals surface area (Å²) < 4.78 is 0. The van der Waals surface area contributed by atoms with Gasteiger partial charge < -0.3 is 19.9 Å². The Bertz CT molecular complexity index is 871. The lowest BCUT2D eigenvalue weighted by molar-refractivity contribution is -0.121. The molecule has 0 radical (unpaired) electrons. The average molecular weight is 424 g/mol. The van der Waals surface area contributed by atoms with Crippen LogP contribution in [-0.4, -0.2) is 54.2 Å². The van der Waals surface area contributed by atoms with E-state index in [9.17, 15) is 9.59 Å². The predicted molar refractivity (Wildman–Crippen MR) is 124 cm³/mol. The second-order valence-corrected chi connectivity index (χ2v) is 9.92. The van der Waals surface area contributed by atoms with E-state index in [1.807, 2.05) is 0 Å². The van der Waals surface area contributed by atoms with Gasteiger partial charge in [-0.1, -0.05) is 32.1 Å². The van der Waals surface area contributed by atoms with E-state index in [0.717, 1.165) is 18.4 Å². The van der Waals surface area contributed by atoms with Crippen LogP contribution in [0.25, 0.3) is 5.70 Å². The van der Waals surface area contributed by atoms with Crippen molar-refractivity contribution in [1.29, 1.82) is 0 Å². The number of carbonyl (C=O) groups excluding carboxylic acids is 2. The fraction of sp³-hybridized carbons (Fsp3) is 0.615. The molecule has 1 aliphatic heterocycles. The van der Waals surface area contributed by atoms with Crippen LogP contribution in [0, 0.1) is 5.41 Å². The topological polar surface area (TPSA) is 52.7 Å². The van der Waals surface area contributed by atoms with Crippen molar-refractivity contribution in [2.24, 2.45) is 5.41 Å². The molecule has 3 aliphatic rings. The van der Waals surface area contributed by atoms with Crippen LogP contribution >= 0.6 is 0 Å². The second-order valence-electron chi connectivity index (χ2n) is 9.92. The molecule has 0 saturated heterocycles. The summed E-state index contributed by atoms with van der Waals surface area (Å²) in [6, 6.07) is 6.42. The molecule has 1 unspecified atom stereocenters. The first kappa shape index (κ1) is 22.1. The summed E-state index contributed by atoms with van der Waals surface area (Å²) in [4.78, 5) is 28.0. The Hall–Kier alpha value is -2.14. The average Bonchev–Trinajstić information content (AvgIpc) is 3.58. The van der Waals surface area contributed by atoms with Crippen LogP contribution in [0.2, 0.25) is 0 Å². The number of hydrogen-bond acceptors (Lipinski definition) is 4. The van der Waals surface area contributed by atoms with Gasteiger partial charge in [-0.25, -0.2) is 0 Å². The molecule has 2 saturated carbocycles. The summed E-state index contributed by atoms with van der Waals surface area (Å²) in [7, 11) is 3.94. The smallest absolute Gasteiger partial charge is 0.219 e. The first-order chi connectivity index (χ1) is 14.9. The Balaban J connectivity index is 1.34. The molecule has 5 nitrogen and oxygen atoms in total. The lowest BCUT2D eigenvalue weighted by Crippen LogP contribution is -2.32. The number of benzene rings is 1. The third kappa shape index (κ3) is 3.93. The van der Waals surface area contributed by atoms with E-state index in [4.69, 9.17) is 0 Å². The van der Waals surface area contributed by atoms with Gasteiger partial charge >= 0.3 is 0 Å². The number of aldehydes is 1. The molecule has 2 aliphatic carbocycles. The molecule has 1 atom stereocenters. The van der Waals surface area contributed by atoms with E-state index >= 15 is 0 Å². The molecule has 4 rings (SSSR count). The number of amides is 1. The Morgan fingerprint density at radius 2 is 2.16 bits per heavy atom. The van der Waals surface area contributed by atoms with E-state index in [1.165, 1.54) is 55.3 Å². The summed E-state index contributed by atoms with van der Waals surface area (Å²) in [6.07, 6.45) is 9.49. The van der Waals surface area contributed by atoms with Crippen molar-refractivity contribution in [2.45, 2.75) is 76.4 Å². The number of hydrogen-bond donors (Lipinski definition) is 1. The third-order valence-corrected chi connectivity index (χ3v) is 8.14. The molecule has 1 amide bonds. The molecule has 168 valence electrons. The van der Waals surface area contributed by atoms with E-state index in [2.05, 4.69) is 53.9 Å². The van der Waals surface area contributed by atoms with Crippen molar-refractivity contribution in [3.63, 3.8) is 0 Å². The third-order valence-electron chi connectivity index (χ3n) is 8.14. The zero-order valence-electron chi connectivity index (χ0n) is 19.4. The molecule has 1 aromatic carbocycles. The number of rotatable bonds is 12. The van der Waals surface area contributed by atoms with Crippen molar-refractivity contribution in [1.82, 2.24) is 15.1 Å². The molecule has 0 bridgehead atoms. The molecule has 2 fully saturated rings. The number of fused-ring (bicyclic) bond motifs is 2. The molecule has 0 aromatic heterocycles. The maximum atomic E-state index is 11.7. The highest BCUT2D eigenvalue weighted by molar-refractivity contribution is 5.77. The van der Waals surface area contributed by atoms with Gasteiger partial charge in [-0.2, -0.15) is 0 Å². The number of unbranched alkanes of at least 4 members (excludes halogenated alkanes) is 1. The summed E-state index contributed by atoms with van der Waals surface area (Å²) >= 11 is 0. The first-order valence-electron chi connectivity index (χ1n) is 11.8.